The van der Waals surface area contributed by atoms with Crippen LogP contribution in [0.4, 0.5) is 5.13 Å². The van der Waals surface area contributed by atoms with Gasteiger partial charge in [0.2, 0.25) is 5.13 Å². The van der Waals surface area contributed by atoms with Crippen LogP contribution in [0, 0.1) is 6.92 Å². The summed E-state index contributed by atoms with van der Waals surface area (Å²) in [7, 11) is 5.55. The van der Waals surface area contributed by atoms with Crippen LogP contribution in [-0.4, -0.2) is 41.4 Å². The van der Waals surface area contributed by atoms with Crippen molar-refractivity contribution in [2.75, 3.05) is 26.5 Å². The third kappa shape index (κ3) is 4.27. The summed E-state index contributed by atoms with van der Waals surface area (Å²) in [5.41, 5.74) is 1.68. The summed E-state index contributed by atoms with van der Waals surface area (Å²) in [5, 5.41) is 3.36. The van der Waals surface area contributed by atoms with Crippen molar-refractivity contribution in [1.29, 1.82) is 0 Å². The molecule has 0 fully saturated rings. The largest absolute Gasteiger partial charge is 0.497 e. The number of rotatable bonds is 6. The van der Waals surface area contributed by atoms with Gasteiger partial charge in [0.25, 0.3) is 5.91 Å². The number of carbonyl (C=O) groups is 1. The predicted octanol–water partition coefficient (Wildman–Crippen LogP) is 3.90. The first kappa shape index (κ1) is 18.5. The van der Waals surface area contributed by atoms with Crippen LogP contribution in [0.15, 0.2) is 30.3 Å². The molecule has 0 unspecified atom stereocenters. The maximum atomic E-state index is 12.6. The van der Waals surface area contributed by atoms with Crippen molar-refractivity contribution < 1.29 is 9.53 Å². The zero-order valence-corrected chi connectivity index (χ0v) is 16.7. The number of aryl methyl sites for hydroxylation is 1. The van der Waals surface area contributed by atoms with Crippen LogP contribution < -0.4 is 10.1 Å². The summed E-state index contributed by atoms with van der Waals surface area (Å²) in [6, 6.07) is 9.72. The van der Waals surface area contributed by atoms with E-state index in [1.165, 1.54) is 11.5 Å². The van der Waals surface area contributed by atoms with E-state index in [4.69, 9.17) is 4.74 Å². The Morgan fingerprint density at radius 1 is 1.31 bits per heavy atom. The van der Waals surface area contributed by atoms with Gasteiger partial charge in [0, 0.05) is 21.3 Å². The van der Waals surface area contributed by atoms with E-state index >= 15 is 0 Å². The van der Waals surface area contributed by atoms with Gasteiger partial charge >= 0.3 is 0 Å². The molecule has 0 spiro atoms. The highest BCUT2D eigenvalue weighted by Gasteiger charge is 2.16. The van der Waals surface area contributed by atoms with E-state index in [1.807, 2.05) is 56.3 Å². The summed E-state index contributed by atoms with van der Waals surface area (Å²) < 4.78 is 9.54. The number of ether oxygens (including phenoxy) is 1. The highest BCUT2D eigenvalue weighted by atomic mass is 32.1. The Hall–Kier alpha value is -2.29. The molecule has 26 heavy (non-hydrogen) atoms. The lowest BCUT2D eigenvalue weighted by Gasteiger charge is -2.04. The quantitative estimate of drug-likeness (QED) is 0.694. The first-order valence-corrected chi connectivity index (χ1v) is 9.59. The van der Waals surface area contributed by atoms with Gasteiger partial charge in [0.1, 0.15) is 5.75 Å². The van der Waals surface area contributed by atoms with Crippen LogP contribution in [0.3, 0.4) is 0 Å². The molecule has 136 valence electrons. The zero-order valence-electron chi connectivity index (χ0n) is 15.1. The van der Waals surface area contributed by atoms with E-state index < -0.39 is 0 Å². The van der Waals surface area contributed by atoms with Gasteiger partial charge in [-0.3, -0.25) is 10.1 Å². The molecule has 0 saturated carbocycles. The lowest BCUT2D eigenvalue weighted by Crippen LogP contribution is -2.13. The number of aromatic nitrogens is 2. The van der Waals surface area contributed by atoms with E-state index in [2.05, 4.69) is 14.7 Å². The molecule has 3 rings (SSSR count). The van der Waals surface area contributed by atoms with E-state index in [1.54, 1.807) is 18.4 Å². The molecule has 1 aromatic carbocycles. The summed E-state index contributed by atoms with van der Waals surface area (Å²) >= 11 is 2.78. The molecule has 2 aromatic heterocycles. The maximum absolute atomic E-state index is 12.6. The van der Waals surface area contributed by atoms with Crippen molar-refractivity contribution in [3.05, 3.63) is 46.6 Å². The topological polar surface area (TPSA) is 67.3 Å². The van der Waals surface area contributed by atoms with Gasteiger partial charge in [-0.05, 0) is 44.8 Å². The molecule has 0 aliphatic carbocycles. The van der Waals surface area contributed by atoms with Crippen LogP contribution in [-0.2, 0) is 6.54 Å². The van der Waals surface area contributed by atoms with Gasteiger partial charge in [-0.1, -0.05) is 12.1 Å². The maximum Gasteiger partial charge on any atom is 0.258 e. The molecule has 0 radical (unpaired) electrons. The first-order valence-electron chi connectivity index (χ1n) is 8.00. The van der Waals surface area contributed by atoms with Crippen LogP contribution in [0.1, 0.15) is 21.1 Å². The highest BCUT2D eigenvalue weighted by Crippen LogP contribution is 2.33. The third-order valence-electron chi connectivity index (χ3n) is 3.66. The Labute approximate surface area is 160 Å². The number of nitrogens with zero attached hydrogens (tertiary/aromatic N) is 3. The van der Waals surface area contributed by atoms with Gasteiger partial charge in [-0.25, -0.2) is 4.98 Å². The smallest absolute Gasteiger partial charge is 0.258 e. The van der Waals surface area contributed by atoms with Crippen molar-refractivity contribution in [3.8, 4) is 16.2 Å². The fraction of sp³-hybridized carbons (Fsp3) is 0.278. The molecule has 6 nitrogen and oxygen atoms in total. The van der Waals surface area contributed by atoms with Crippen molar-refractivity contribution >= 4 is 33.9 Å². The molecule has 1 amide bonds. The number of benzene rings is 1. The number of carbonyl (C=O) groups excluding carboxylic acids is 1. The predicted molar refractivity (Wildman–Crippen MR) is 106 cm³/mol. The van der Waals surface area contributed by atoms with Gasteiger partial charge in [0.15, 0.2) is 5.82 Å². The highest BCUT2D eigenvalue weighted by molar-refractivity contribution is 7.15. The van der Waals surface area contributed by atoms with Gasteiger partial charge < -0.3 is 9.64 Å². The van der Waals surface area contributed by atoms with Crippen molar-refractivity contribution in [3.63, 3.8) is 0 Å². The monoisotopic (exact) mass is 388 g/mol. The minimum atomic E-state index is -0.166. The Kier molecular flexibility index (Phi) is 5.65. The molecular formula is C18H20N4O2S2. The average molecular weight is 389 g/mol. The number of nitrogens with one attached hydrogen (secondary N) is 1. The normalized spacial score (nSPS) is 11.0. The Balaban J connectivity index is 1.77. The second kappa shape index (κ2) is 7.94. The standard InChI is InChI=1S/C18H20N4O2S2/c1-11-14(9-15(25-11)12-6-5-7-13(8-12)24-4)17(23)20-18-19-16(21-26-18)10-22(2)3/h5-9H,10H2,1-4H3,(H,19,20,21,23). The van der Waals surface area contributed by atoms with Crippen molar-refractivity contribution in [2.45, 2.75) is 13.5 Å². The molecule has 3 aromatic rings. The Bertz CT molecular complexity index is 918. The second-order valence-electron chi connectivity index (χ2n) is 6.02. The number of anilines is 1. The van der Waals surface area contributed by atoms with Crippen LogP contribution >= 0.6 is 22.9 Å². The third-order valence-corrected chi connectivity index (χ3v) is 5.43. The summed E-state index contributed by atoms with van der Waals surface area (Å²) in [5.74, 6) is 1.33. The minimum absolute atomic E-state index is 0.166. The average Bonchev–Trinajstić information content (AvgIpc) is 3.20. The number of hydrogen-bond acceptors (Lipinski definition) is 7. The van der Waals surface area contributed by atoms with E-state index in [9.17, 15) is 4.79 Å². The minimum Gasteiger partial charge on any atom is -0.497 e. The summed E-state index contributed by atoms with van der Waals surface area (Å²) in [4.78, 5) is 21.0. The van der Waals surface area contributed by atoms with E-state index in [-0.39, 0.29) is 5.91 Å². The summed E-state index contributed by atoms with van der Waals surface area (Å²) in [6.07, 6.45) is 0. The van der Waals surface area contributed by atoms with Gasteiger partial charge in [0.05, 0.1) is 19.2 Å². The lowest BCUT2D eigenvalue weighted by atomic mass is 10.1. The van der Waals surface area contributed by atoms with Crippen molar-refractivity contribution in [2.24, 2.45) is 0 Å². The van der Waals surface area contributed by atoms with E-state index in [0.29, 0.717) is 23.1 Å². The fourth-order valence-corrected chi connectivity index (χ4v) is 4.03. The second-order valence-corrected chi connectivity index (χ2v) is 8.03. The Morgan fingerprint density at radius 2 is 2.12 bits per heavy atom. The number of amides is 1. The molecular weight excluding hydrogens is 368 g/mol. The molecule has 0 bridgehead atoms. The molecule has 0 atom stereocenters. The summed E-state index contributed by atoms with van der Waals surface area (Å²) in [6.45, 7) is 2.59. The van der Waals surface area contributed by atoms with Gasteiger partial charge in [-0.15, -0.1) is 11.3 Å². The number of hydrogen-bond donors (Lipinski definition) is 1. The van der Waals surface area contributed by atoms with E-state index in [0.717, 1.165) is 21.1 Å². The number of thiophene rings is 1. The van der Waals surface area contributed by atoms with Crippen LogP contribution in [0.5, 0.6) is 5.75 Å². The molecule has 0 aliphatic rings. The molecule has 8 heteroatoms. The van der Waals surface area contributed by atoms with Crippen LogP contribution in [0.2, 0.25) is 0 Å². The van der Waals surface area contributed by atoms with Crippen molar-refractivity contribution in [1.82, 2.24) is 14.3 Å². The number of methoxy groups -OCH3 is 1. The first-order chi connectivity index (χ1) is 12.5. The Morgan fingerprint density at radius 3 is 2.85 bits per heavy atom. The molecule has 0 aliphatic heterocycles. The molecule has 1 N–H and O–H groups in total. The fourth-order valence-electron chi connectivity index (χ4n) is 2.44. The van der Waals surface area contributed by atoms with Gasteiger partial charge in [-0.2, -0.15) is 4.37 Å². The lowest BCUT2D eigenvalue weighted by molar-refractivity contribution is 0.102. The SMILES string of the molecule is COc1cccc(-c2cc(C(=O)Nc3nc(CN(C)C)ns3)c(C)s2)c1. The van der Waals surface area contributed by atoms with Crippen LogP contribution in [0.25, 0.3) is 10.4 Å². The zero-order chi connectivity index (χ0) is 18.7. The molecule has 0 saturated heterocycles. The molecule has 2 heterocycles.